The number of hydrogen-bond donors (Lipinski definition) is 0. The average Bonchev–Trinajstić information content (AvgIpc) is 3.11. The van der Waals surface area contributed by atoms with E-state index in [1.807, 2.05) is 60.7 Å². The molecule has 1 heterocycles. The van der Waals surface area contributed by atoms with Crippen molar-refractivity contribution in [2.24, 2.45) is 0 Å². The average molecular weight is 439 g/mol. The highest BCUT2D eigenvalue weighted by molar-refractivity contribution is 8.04. The van der Waals surface area contributed by atoms with Crippen LogP contribution in [0, 0.1) is 0 Å². The molecular formula is C24H26N2O4S. The maximum absolute atomic E-state index is 13.2. The molecule has 31 heavy (non-hydrogen) atoms. The summed E-state index contributed by atoms with van der Waals surface area (Å²) in [5, 5.41) is 0.458. The molecule has 0 spiro atoms. The molecule has 0 unspecified atom stereocenters. The third-order valence-electron chi connectivity index (χ3n) is 4.81. The second-order valence-corrected chi connectivity index (χ2v) is 8.04. The number of hydrogen-bond acceptors (Lipinski definition) is 5. The van der Waals surface area contributed by atoms with Gasteiger partial charge in [-0.15, -0.1) is 0 Å². The molecule has 2 aromatic carbocycles. The number of rotatable bonds is 9. The van der Waals surface area contributed by atoms with Crippen LogP contribution >= 0.6 is 11.8 Å². The lowest BCUT2D eigenvalue weighted by Gasteiger charge is -2.26. The third kappa shape index (κ3) is 6.72. The van der Waals surface area contributed by atoms with E-state index >= 15 is 0 Å². The van der Waals surface area contributed by atoms with Crippen LogP contribution in [-0.2, 0) is 32.1 Å². The summed E-state index contributed by atoms with van der Waals surface area (Å²) < 4.78 is 4.94. The number of carbonyl (C=O) groups excluding carboxylic acids is 3. The largest absolute Gasteiger partial charge is 0.463 e. The molecule has 0 radical (unpaired) electrons. The Balaban J connectivity index is 1.73. The van der Waals surface area contributed by atoms with Crippen molar-refractivity contribution in [1.29, 1.82) is 0 Å². The quantitative estimate of drug-likeness (QED) is 0.444. The Kier molecular flexibility index (Phi) is 8.29. The van der Waals surface area contributed by atoms with E-state index < -0.39 is 5.97 Å². The van der Waals surface area contributed by atoms with Gasteiger partial charge in [0.15, 0.2) is 0 Å². The first-order valence-electron chi connectivity index (χ1n) is 10.2. The van der Waals surface area contributed by atoms with E-state index in [4.69, 9.17) is 4.74 Å². The van der Waals surface area contributed by atoms with Crippen molar-refractivity contribution in [1.82, 2.24) is 9.80 Å². The van der Waals surface area contributed by atoms with E-state index in [1.54, 1.807) is 11.8 Å². The van der Waals surface area contributed by atoms with Gasteiger partial charge in [-0.25, -0.2) is 4.79 Å². The molecular weight excluding hydrogens is 412 g/mol. The Morgan fingerprint density at radius 1 is 1.06 bits per heavy atom. The van der Waals surface area contributed by atoms with Crippen LogP contribution in [-0.4, -0.2) is 53.0 Å². The van der Waals surface area contributed by atoms with Crippen LogP contribution in [0.1, 0.15) is 18.1 Å². The molecule has 0 N–H and O–H groups in total. The standard InChI is InChI=1S/C24H26N2O4S/c1-2-30-24(29)15-23-26(22(28)18-31-23)17-21(27)25(16-20-11-7-4-8-12-20)14-13-19-9-5-3-6-10-19/h3-12,15H,2,13-14,16-18H2,1H3/b23-15-. The summed E-state index contributed by atoms with van der Waals surface area (Å²) in [6.45, 7) is 2.87. The van der Waals surface area contributed by atoms with Gasteiger partial charge in [-0.1, -0.05) is 72.4 Å². The van der Waals surface area contributed by atoms with E-state index in [-0.39, 0.29) is 30.7 Å². The smallest absolute Gasteiger partial charge is 0.333 e. The van der Waals surface area contributed by atoms with Gasteiger partial charge >= 0.3 is 5.97 Å². The molecule has 0 aromatic heterocycles. The highest BCUT2D eigenvalue weighted by Gasteiger charge is 2.30. The van der Waals surface area contributed by atoms with Crippen molar-refractivity contribution in [2.45, 2.75) is 19.9 Å². The molecule has 3 rings (SSSR count). The van der Waals surface area contributed by atoms with Gasteiger partial charge in [-0.2, -0.15) is 0 Å². The first-order chi connectivity index (χ1) is 15.1. The van der Waals surface area contributed by atoms with E-state index in [9.17, 15) is 14.4 Å². The van der Waals surface area contributed by atoms with Crippen LogP contribution in [0.25, 0.3) is 0 Å². The highest BCUT2D eigenvalue weighted by Crippen LogP contribution is 2.28. The van der Waals surface area contributed by atoms with Crippen LogP contribution in [0.3, 0.4) is 0 Å². The molecule has 0 atom stereocenters. The summed E-state index contributed by atoms with van der Waals surface area (Å²) in [5.41, 5.74) is 2.16. The molecule has 1 aliphatic rings. The molecule has 1 aliphatic heterocycles. The summed E-state index contributed by atoms with van der Waals surface area (Å²) in [6.07, 6.45) is 2.01. The van der Waals surface area contributed by atoms with Crippen molar-refractivity contribution in [3.8, 4) is 0 Å². The molecule has 1 saturated heterocycles. The first kappa shape index (κ1) is 22.6. The minimum Gasteiger partial charge on any atom is -0.463 e. The zero-order valence-electron chi connectivity index (χ0n) is 17.5. The molecule has 7 heteroatoms. The topological polar surface area (TPSA) is 66.9 Å². The van der Waals surface area contributed by atoms with Crippen molar-refractivity contribution in [2.75, 3.05) is 25.4 Å². The van der Waals surface area contributed by atoms with Gasteiger partial charge < -0.3 is 9.64 Å². The van der Waals surface area contributed by atoms with Crippen molar-refractivity contribution < 1.29 is 19.1 Å². The lowest BCUT2D eigenvalue weighted by Crippen LogP contribution is -2.41. The Morgan fingerprint density at radius 2 is 1.71 bits per heavy atom. The number of esters is 1. The van der Waals surface area contributed by atoms with E-state index in [1.165, 1.54) is 22.7 Å². The lowest BCUT2D eigenvalue weighted by molar-refractivity contribution is -0.138. The van der Waals surface area contributed by atoms with Crippen LogP contribution in [0.4, 0.5) is 0 Å². The molecule has 2 amide bonds. The summed E-state index contributed by atoms with van der Waals surface area (Å²) >= 11 is 1.25. The van der Waals surface area contributed by atoms with E-state index in [0.29, 0.717) is 24.5 Å². The number of amides is 2. The molecule has 6 nitrogen and oxygen atoms in total. The molecule has 0 saturated carbocycles. The summed E-state index contributed by atoms with van der Waals surface area (Å²) in [5.74, 6) is -0.648. The van der Waals surface area contributed by atoms with Crippen LogP contribution in [0.2, 0.25) is 0 Å². The van der Waals surface area contributed by atoms with Crippen LogP contribution < -0.4 is 0 Å². The molecule has 2 aromatic rings. The molecule has 0 bridgehead atoms. The molecule has 162 valence electrons. The first-order valence-corrected chi connectivity index (χ1v) is 11.2. The number of benzene rings is 2. The fourth-order valence-corrected chi connectivity index (χ4v) is 4.15. The van der Waals surface area contributed by atoms with E-state index in [2.05, 4.69) is 0 Å². The summed E-state index contributed by atoms with van der Waals surface area (Å²) in [6, 6.07) is 19.8. The van der Waals surface area contributed by atoms with Crippen LogP contribution in [0.15, 0.2) is 71.8 Å². The van der Waals surface area contributed by atoms with E-state index in [0.717, 1.165) is 11.1 Å². The fourth-order valence-electron chi connectivity index (χ4n) is 3.22. The number of nitrogens with zero attached hydrogens (tertiary/aromatic N) is 2. The van der Waals surface area contributed by atoms with Crippen LogP contribution in [0.5, 0.6) is 0 Å². The fraction of sp³-hybridized carbons (Fsp3) is 0.292. The number of carbonyl (C=O) groups is 3. The predicted octanol–water partition coefficient (Wildman–Crippen LogP) is 3.24. The van der Waals surface area contributed by atoms with Gasteiger partial charge in [0.05, 0.1) is 23.5 Å². The number of ether oxygens (including phenoxy) is 1. The normalized spacial score (nSPS) is 14.7. The highest BCUT2D eigenvalue weighted by atomic mass is 32.2. The Labute approximate surface area is 186 Å². The maximum Gasteiger partial charge on any atom is 0.333 e. The second-order valence-electron chi connectivity index (χ2n) is 7.04. The van der Waals surface area contributed by atoms with Gasteiger partial charge in [0, 0.05) is 13.1 Å². The monoisotopic (exact) mass is 438 g/mol. The minimum absolute atomic E-state index is 0.0985. The lowest BCUT2D eigenvalue weighted by atomic mass is 10.1. The van der Waals surface area contributed by atoms with Gasteiger partial charge in [-0.05, 0) is 24.5 Å². The Bertz CT molecular complexity index is 931. The van der Waals surface area contributed by atoms with Crippen molar-refractivity contribution >= 4 is 29.5 Å². The van der Waals surface area contributed by atoms with Gasteiger partial charge in [0.1, 0.15) is 6.54 Å². The summed E-state index contributed by atoms with van der Waals surface area (Å²) in [4.78, 5) is 40.5. The Morgan fingerprint density at radius 3 is 2.35 bits per heavy atom. The van der Waals surface area contributed by atoms with Gasteiger partial charge in [0.25, 0.3) is 0 Å². The predicted molar refractivity (Wildman–Crippen MR) is 121 cm³/mol. The molecule has 1 fully saturated rings. The maximum atomic E-state index is 13.2. The molecule has 0 aliphatic carbocycles. The minimum atomic E-state index is -0.512. The zero-order chi connectivity index (χ0) is 22.1. The van der Waals surface area contributed by atoms with Crippen molar-refractivity contribution in [3.63, 3.8) is 0 Å². The number of thioether (sulfide) groups is 1. The SMILES string of the molecule is CCOC(=O)/C=C1\SCC(=O)N1CC(=O)N(CCc1ccccc1)Cc1ccccc1. The summed E-state index contributed by atoms with van der Waals surface area (Å²) in [7, 11) is 0. The Hall–Kier alpha value is -3.06. The second kappa shape index (κ2) is 11.4. The van der Waals surface area contributed by atoms with Gasteiger partial charge in [-0.3, -0.25) is 14.5 Å². The third-order valence-corrected chi connectivity index (χ3v) is 5.84. The van der Waals surface area contributed by atoms with Crippen molar-refractivity contribution in [3.05, 3.63) is 82.9 Å². The zero-order valence-corrected chi connectivity index (χ0v) is 18.3. The van der Waals surface area contributed by atoms with Gasteiger partial charge in [0.2, 0.25) is 11.8 Å².